The summed E-state index contributed by atoms with van der Waals surface area (Å²) in [6, 6.07) is 5.70. The van der Waals surface area contributed by atoms with Crippen LogP contribution in [0.4, 0.5) is 0 Å². The third-order valence-electron chi connectivity index (χ3n) is 2.82. The van der Waals surface area contributed by atoms with Crippen molar-refractivity contribution < 1.29 is 19.1 Å². The van der Waals surface area contributed by atoms with Gasteiger partial charge in [0.15, 0.2) is 6.61 Å². The van der Waals surface area contributed by atoms with Crippen molar-refractivity contribution in [1.29, 1.82) is 0 Å². The van der Waals surface area contributed by atoms with Crippen molar-refractivity contribution in [2.75, 3.05) is 13.2 Å². The molecular weight excluding hydrogens is 286 g/mol. The molecular formula is C15H21N3O4. The Balaban J connectivity index is 2.29. The molecule has 3 amide bonds. The first-order chi connectivity index (χ1) is 10.4. The SMILES string of the molecule is CC(=O)NCCC(=O)NNC(=O)COc1c(C)cccc1C. The summed E-state index contributed by atoms with van der Waals surface area (Å²) in [5, 5.41) is 2.49. The molecule has 22 heavy (non-hydrogen) atoms. The van der Waals surface area contributed by atoms with E-state index in [9.17, 15) is 14.4 Å². The topological polar surface area (TPSA) is 96.5 Å². The van der Waals surface area contributed by atoms with Crippen molar-refractivity contribution >= 4 is 17.7 Å². The molecule has 0 aliphatic carbocycles. The van der Waals surface area contributed by atoms with Crippen LogP contribution in [0.1, 0.15) is 24.5 Å². The van der Waals surface area contributed by atoms with Gasteiger partial charge in [0.2, 0.25) is 11.8 Å². The van der Waals surface area contributed by atoms with E-state index in [1.54, 1.807) is 0 Å². The van der Waals surface area contributed by atoms with Gasteiger partial charge < -0.3 is 10.1 Å². The number of carbonyl (C=O) groups is 3. The van der Waals surface area contributed by atoms with Gasteiger partial charge in [-0.15, -0.1) is 0 Å². The van der Waals surface area contributed by atoms with E-state index in [1.165, 1.54) is 6.92 Å². The van der Waals surface area contributed by atoms with Gasteiger partial charge in [0.25, 0.3) is 5.91 Å². The average Bonchev–Trinajstić information content (AvgIpc) is 2.44. The summed E-state index contributed by atoms with van der Waals surface area (Å²) in [6.07, 6.45) is 0.0810. The van der Waals surface area contributed by atoms with Crippen LogP contribution >= 0.6 is 0 Å². The molecule has 0 bridgehead atoms. The summed E-state index contributed by atoms with van der Waals surface area (Å²) in [5.74, 6) is -0.404. The lowest BCUT2D eigenvalue weighted by molar-refractivity contribution is -0.130. The number of aryl methyl sites for hydroxylation is 2. The highest BCUT2D eigenvalue weighted by Gasteiger charge is 2.08. The molecule has 7 nitrogen and oxygen atoms in total. The van der Waals surface area contributed by atoms with Gasteiger partial charge in [-0.1, -0.05) is 18.2 Å². The Labute approximate surface area is 129 Å². The maximum atomic E-state index is 11.6. The highest BCUT2D eigenvalue weighted by molar-refractivity contribution is 5.83. The molecule has 0 aromatic heterocycles. The Kier molecular flexibility index (Phi) is 6.88. The molecule has 0 aliphatic heterocycles. The summed E-state index contributed by atoms with van der Waals surface area (Å²) in [4.78, 5) is 33.6. The fraction of sp³-hybridized carbons (Fsp3) is 0.400. The number of hydrogen-bond donors (Lipinski definition) is 3. The number of ether oxygens (including phenoxy) is 1. The fourth-order valence-electron chi connectivity index (χ4n) is 1.75. The van der Waals surface area contributed by atoms with E-state index in [0.717, 1.165) is 11.1 Å². The zero-order valence-corrected chi connectivity index (χ0v) is 13.0. The van der Waals surface area contributed by atoms with Crippen LogP contribution in [0.15, 0.2) is 18.2 Å². The molecule has 1 rings (SSSR count). The molecule has 0 unspecified atom stereocenters. The molecule has 0 saturated heterocycles. The number of hydrazine groups is 1. The van der Waals surface area contributed by atoms with Gasteiger partial charge in [-0.2, -0.15) is 0 Å². The molecule has 0 spiro atoms. The van der Waals surface area contributed by atoms with Gasteiger partial charge in [0.1, 0.15) is 5.75 Å². The highest BCUT2D eigenvalue weighted by Crippen LogP contribution is 2.21. The van der Waals surface area contributed by atoms with Gasteiger partial charge in [-0.05, 0) is 25.0 Å². The van der Waals surface area contributed by atoms with Crippen molar-refractivity contribution in [2.24, 2.45) is 0 Å². The second-order valence-electron chi connectivity index (χ2n) is 4.84. The van der Waals surface area contributed by atoms with Crippen LogP contribution in [-0.4, -0.2) is 30.9 Å². The minimum Gasteiger partial charge on any atom is -0.483 e. The smallest absolute Gasteiger partial charge is 0.276 e. The summed E-state index contributed by atoms with van der Waals surface area (Å²) in [6.45, 7) is 5.17. The van der Waals surface area contributed by atoms with Crippen LogP contribution in [0.2, 0.25) is 0 Å². The molecule has 0 atom stereocenters. The second-order valence-corrected chi connectivity index (χ2v) is 4.84. The summed E-state index contributed by atoms with van der Waals surface area (Å²) in [5.41, 5.74) is 6.38. The number of hydrogen-bond acceptors (Lipinski definition) is 4. The standard InChI is InChI=1S/C15H21N3O4/c1-10-5-4-6-11(2)15(10)22-9-14(21)18-17-13(20)7-8-16-12(3)19/h4-6H,7-9H2,1-3H3,(H,16,19)(H,17,20)(H,18,21). The largest absolute Gasteiger partial charge is 0.483 e. The quantitative estimate of drug-likeness (QED) is 0.661. The number of rotatable bonds is 6. The first-order valence-electron chi connectivity index (χ1n) is 6.91. The van der Waals surface area contributed by atoms with E-state index in [-0.39, 0.29) is 25.5 Å². The van der Waals surface area contributed by atoms with Crippen LogP contribution in [-0.2, 0) is 14.4 Å². The number of nitrogens with one attached hydrogen (secondary N) is 3. The van der Waals surface area contributed by atoms with Crippen molar-refractivity contribution in [2.45, 2.75) is 27.2 Å². The third kappa shape index (κ3) is 6.25. The zero-order chi connectivity index (χ0) is 16.5. The minimum absolute atomic E-state index is 0.0810. The van der Waals surface area contributed by atoms with E-state index in [0.29, 0.717) is 5.75 Å². The van der Waals surface area contributed by atoms with Gasteiger partial charge in [-0.25, -0.2) is 0 Å². The van der Waals surface area contributed by atoms with Gasteiger partial charge in [-0.3, -0.25) is 25.2 Å². The van der Waals surface area contributed by atoms with E-state index in [4.69, 9.17) is 4.74 Å². The van der Waals surface area contributed by atoms with Crippen molar-refractivity contribution in [3.63, 3.8) is 0 Å². The molecule has 120 valence electrons. The molecule has 7 heteroatoms. The second kappa shape index (κ2) is 8.66. The maximum Gasteiger partial charge on any atom is 0.276 e. The molecule has 0 saturated carbocycles. The number of para-hydroxylation sites is 1. The van der Waals surface area contributed by atoms with E-state index < -0.39 is 11.8 Å². The average molecular weight is 307 g/mol. The van der Waals surface area contributed by atoms with E-state index in [2.05, 4.69) is 16.2 Å². The minimum atomic E-state index is -0.462. The normalized spacial score (nSPS) is 9.77. The van der Waals surface area contributed by atoms with Crippen molar-refractivity contribution in [3.8, 4) is 5.75 Å². The molecule has 0 heterocycles. The molecule has 0 fully saturated rings. The predicted octanol–water partition coefficient (Wildman–Crippen LogP) is 0.356. The van der Waals surface area contributed by atoms with Gasteiger partial charge >= 0.3 is 0 Å². The Morgan fingerprint density at radius 2 is 1.64 bits per heavy atom. The van der Waals surface area contributed by atoms with Crippen LogP contribution in [0.3, 0.4) is 0 Å². The van der Waals surface area contributed by atoms with Crippen LogP contribution in [0, 0.1) is 13.8 Å². The first-order valence-corrected chi connectivity index (χ1v) is 6.91. The van der Waals surface area contributed by atoms with Crippen LogP contribution < -0.4 is 20.9 Å². The Morgan fingerprint density at radius 3 is 2.23 bits per heavy atom. The predicted molar refractivity (Wildman–Crippen MR) is 81.0 cm³/mol. The van der Waals surface area contributed by atoms with Crippen molar-refractivity contribution in [3.05, 3.63) is 29.3 Å². The van der Waals surface area contributed by atoms with E-state index >= 15 is 0 Å². The number of carbonyl (C=O) groups excluding carboxylic acids is 3. The summed E-state index contributed by atoms with van der Waals surface area (Å²) >= 11 is 0. The fourth-order valence-corrected chi connectivity index (χ4v) is 1.75. The Hall–Kier alpha value is -2.57. The first kappa shape index (κ1) is 17.5. The monoisotopic (exact) mass is 307 g/mol. The molecule has 3 N–H and O–H groups in total. The lowest BCUT2D eigenvalue weighted by atomic mass is 10.1. The van der Waals surface area contributed by atoms with Crippen LogP contribution in [0.25, 0.3) is 0 Å². The lowest BCUT2D eigenvalue weighted by Gasteiger charge is -2.12. The molecule has 0 aliphatic rings. The lowest BCUT2D eigenvalue weighted by Crippen LogP contribution is -2.44. The van der Waals surface area contributed by atoms with Crippen LogP contribution in [0.5, 0.6) is 5.75 Å². The maximum absolute atomic E-state index is 11.6. The van der Waals surface area contributed by atoms with Crippen molar-refractivity contribution in [1.82, 2.24) is 16.2 Å². The third-order valence-corrected chi connectivity index (χ3v) is 2.82. The number of amides is 3. The molecule has 1 aromatic rings. The Bertz CT molecular complexity index is 537. The Morgan fingerprint density at radius 1 is 1.05 bits per heavy atom. The summed E-state index contributed by atoms with van der Waals surface area (Å²) < 4.78 is 5.45. The zero-order valence-electron chi connectivity index (χ0n) is 13.0. The van der Waals surface area contributed by atoms with Gasteiger partial charge in [0.05, 0.1) is 0 Å². The highest BCUT2D eigenvalue weighted by atomic mass is 16.5. The van der Waals surface area contributed by atoms with Gasteiger partial charge in [0, 0.05) is 19.9 Å². The summed E-state index contributed by atoms with van der Waals surface area (Å²) in [7, 11) is 0. The molecule has 0 radical (unpaired) electrons. The molecule has 1 aromatic carbocycles. The van der Waals surface area contributed by atoms with E-state index in [1.807, 2.05) is 32.0 Å². The number of benzene rings is 1.